The highest BCUT2D eigenvalue weighted by atomic mass is 32.1. The largest absolute Gasteiger partial charge is 0.288 e. The third-order valence-corrected chi connectivity index (χ3v) is 4.57. The predicted molar refractivity (Wildman–Crippen MR) is 70.9 cm³/mol. The lowest BCUT2D eigenvalue weighted by atomic mass is 10.1. The molecule has 0 aliphatic heterocycles. The minimum Gasteiger partial charge on any atom is -0.288 e. The molecule has 18 heavy (non-hydrogen) atoms. The van der Waals surface area contributed by atoms with Crippen molar-refractivity contribution in [3.05, 3.63) is 56.5 Å². The lowest BCUT2D eigenvalue weighted by Gasteiger charge is -2.02. The van der Waals surface area contributed by atoms with Crippen molar-refractivity contribution >= 4 is 17.1 Å². The number of carbonyl (C=O) groups excluding carboxylic acids is 1. The zero-order chi connectivity index (χ0) is 12.7. The van der Waals surface area contributed by atoms with E-state index in [4.69, 9.17) is 0 Å². The van der Waals surface area contributed by atoms with Crippen molar-refractivity contribution in [2.24, 2.45) is 0 Å². The number of fused-ring (bicyclic) bond motifs is 1. The Bertz CT molecular complexity index is 606. The van der Waals surface area contributed by atoms with E-state index in [-0.39, 0.29) is 11.3 Å². The molecular weight excluding hydrogens is 247 g/mol. The fourth-order valence-corrected chi connectivity index (χ4v) is 3.59. The molecule has 0 saturated heterocycles. The summed E-state index contributed by atoms with van der Waals surface area (Å²) in [7, 11) is 0. The molecule has 0 atom stereocenters. The summed E-state index contributed by atoms with van der Waals surface area (Å²) in [4.78, 5) is 14.3. The maximum absolute atomic E-state index is 13.7. The minimum absolute atomic E-state index is 0.185. The van der Waals surface area contributed by atoms with Gasteiger partial charge in [-0.05, 0) is 49.9 Å². The van der Waals surface area contributed by atoms with Crippen LogP contribution in [0.5, 0.6) is 0 Å². The first-order chi connectivity index (χ1) is 8.65. The predicted octanol–water partition coefficient (Wildman–Crippen LogP) is 3.92. The summed E-state index contributed by atoms with van der Waals surface area (Å²) >= 11 is 1.52. The van der Waals surface area contributed by atoms with Crippen LogP contribution in [0.25, 0.3) is 0 Å². The van der Waals surface area contributed by atoms with E-state index in [1.165, 1.54) is 34.3 Å². The third-order valence-electron chi connectivity index (χ3n) is 3.34. The zero-order valence-electron chi connectivity index (χ0n) is 10.1. The molecule has 0 unspecified atom stereocenters. The average molecular weight is 260 g/mol. The van der Waals surface area contributed by atoms with Crippen LogP contribution in [0.4, 0.5) is 4.39 Å². The molecule has 1 aliphatic carbocycles. The first kappa shape index (κ1) is 11.6. The van der Waals surface area contributed by atoms with Crippen LogP contribution >= 0.6 is 11.3 Å². The molecule has 1 aromatic carbocycles. The van der Waals surface area contributed by atoms with Crippen molar-refractivity contribution in [3.8, 4) is 0 Å². The number of hydrogen-bond donors (Lipinski definition) is 0. The van der Waals surface area contributed by atoms with Crippen molar-refractivity contribution in [2.75, 3.05) is 0 Å². The molecule has 1 heterocycles. The van der Waals surface area contributed by atoms with Gasteiger partial charge >= 0.3 is 0 Å². The summed E-state index contributed by atoms with van der Waals surface area (Å²) in [5.41, 5.74) is 2.37. The molecule has 1 aliphatic rings. The molecule has 2 aromatic rings. The van der Waals surface area contributed by atoms with Crippen molar-refractivity contribution in [3.63, 3.8) is 0 Å². The molecule has 1 aromatic heterocycles. The lowest BCUT2D eigenvalue weighted by molar-refractivity contribution is 0.103. The smallest absolute Gasteiger partial charge is 0.205 e. The van der Waals surface area contributed by atoms with Crippen LogP contribution in [0.2, 0.25) is 0 Å². The Labute approximate surface area is 109 Å². The van der Waals surface area contributed by atoms with Crippen LogP contribution in [-0.4, -0.2) is 5.78 Å². The highest BCUT2D eigenvalue weighted by Crippen LogP contribution is 2.32. The van der Waals surface area contributed by atoms with Gasteiger partial charge < -0.3 is 0 Å². The Morgan fingerprint density at radius 2 is 2.11 bits per heavy atom. The molecule has 0 amide bonds. The monoisotopic (exact) mass is 260 g/mol. The maximum Gasteiger partial charge on any atom is 0.205 e. The van der Waals surface area contributed by atoms with Crippen molar-refractivity contribution in [1.29, 1.82) is 0 Å². The highest BCUT2D eigenvalue weighted by molar-refractivity contribution is 7.14. The Kier molecular flexibility index (Phi) is 2.78. The summed E-state index contributed by atoms with van der Waals surface area (Å²) in [6.07, 6.45) is 3.29. The van der Waals surface area contributed by atoms with Crippen LogP contribution in [0.3, 0.4) is 0 Å². The number of hydrogen-bond acceptors (Lipinski definition) is 2. The van der Waals surface area contributed by atoms with E-state index in [0.29, 0.717) is 4.88 Å². The van der Waals surface area contributed by atoms with E-state index in [2.05, 4.69) is 0 Å². The summed E-state index contributed by atoms with van der Waals surface area (Å²) in [5.74, 6) is -0.616. The number of thiophene rings is 1. The van der Waals surface area contributed by atoms with Gasteiger partial charge in [-0.2, -0.15) is 0 Å². The standard InChI is InChI=1S/C15H13FOS/c1-9-5-6-12(16)11(7-9)15(17)14-8-10-3-2-4-13(10)18-14/h5-8H,2-4H2,1H3. The summed E-state index contributed by atoms with van der Waals surface area (Å²) in [5, 5.41) is 0. The molecule has 3 rings (SSSR count). The van der Waals surface area contributed by atoms with Crippen molar-refractivity contribution in [2.45, 2.75) is 26.2 Å². The normalized spacial score (nSPS) is 13.7. The Morgan fingerprint density at radius 1 is 1.28 bits per heavy atom. The number of aryl methyl sites for hydroxylation is 3. The first-order valence-electron chi connectivity index (χ1n) is 6.07. The van der Waals surface area contributed by atoms with Gasteiger partial charge in [0.15, 0.2) is 0 Å². The summed E-state index contributed by atoms with van der Waals surface area (Å²) in [6.45, 7) is 1.87. The number of benzene rings is 1. The lowest BCUT2D eigenvalue weighted by Crippen LogP contribution is -2.02. The molecule has 0 fully saturated rings. The van der Waals surface area contributed by atoms with Gasteiger partial charge in [0.1, 0.15) is 5.82 Å². The molecule has 0 N–H and O–H groups in total. The van der Waals surface area contributed by atoms with Gasteiger partial charge in [0.05, 0.1) is 10.4 Å². The van der Waals surface area contributed by atoms with E-state index >= 15 is 0 Å². The van der Waals surface area contributed by atoms with Gasteiger partial charge in [-0.15, -0.1) is 11.3 Å². The quantitative estimate of drug-likeness (QED) is 0.748. The molecule has 3 heteroatoms. The van der Waals surface area contributed by atoms with Crippen LogP contribution in [0.1, 0.15) is 37.7 Å². The fraction of sp³-hybridized carbons (Fsp3) is 0.267. The van der Waals surface area contributed by atoms with Gasteiger partial charge in [0, 0.05) is 4.88 Å². The summed E-state index contributed by atoms with van der Waals surface area (Å²) in [6, 6.07) is 6.62. The zero-order valence-corrected chi connectivity index (χ0v) is 10.9. The number of rotatable bonds is 2. The number of halogens is 1. The van der Waals surface area contributed by atoms with Crippen LogP contribution in [0, 0.1) is 12.7 Å². The second-order valence-electron chi connectivity index (χ2n) is 4.73. The van der Waals surface area contributed by atoms with Gasteiger partial charge in [0.25, 0.3) is 0 Å². The van der Waals surface area contributed by atoms with E-state index in [1.54, 1.807) is 12.1 Å². The maximum atomic E-state index is 13.7. The molecule has 0 spiro atoms. The molecular formula is C15H13FOS. The molecule has 0 bridgehead atoms. The van der Waals surface area contributed by atoms with Crippen molar-refractivity contribution < 1.29 is 9.18 Å². The summed E-state index contributed by atoms with van der Waals surface area (Å²) < 4.78 is 13.7. The van der Waals surface area contributed by atoms with Gasteiger partial charge in [-0.1, -0.05) is 11.6 Å². The van der Waals surface area contributed by atoms with Crippen LogP contribution in [0.15, 0.2) is 24.3 Å². The molecule has 0 saturated carbocycles. The number of ketones is 1. The Hall–Kier alpha value is -1.48. The second-order valence-corrected chi connectivity index (χ2v) is 5.86. The third kappa shape index (κ3) is 1.89. The topological polar surface area (TPSA) is 17.1 Å². The van der Waals surface area contributed by atoms with Gasteiger partial charge in [-0.3, -0.25) is 4.79 Å². The van der Waals surface area contributed by atoms with Crippen LogP contribution < -0.4 is 0 Å². The van der Waals surface area contributed by atoms with E-state index in [0.717, 1.165) is 18.4 Å². The second kappa shape index (κ2) is 4.32. The van der Waals surface area contributed by atoms with Crippen LogP contribution in [-0.2, 0) is 12.8 Å². The average Bonchev–Trinajstić information content (AvgIpc) is 2.91. The molecule has 92 valence electrons. The van der Waals surface area contributed by atoms with E-state index < -0.39 is 5.82 Å². The minimum atomic E-state index is -0.431. The molecule has 0 radical (unpaired) electrons. The molecule has 1 nitrogen and oxygen atoms in total. The number of carbonyl (C=O) groups is 1. The van der Waals surface area contributed by atoms with E-state index in [1.807, 2.05) is 13.0 Å². The highest BCUT2D eigenvalue weighted by Gasteiger charge is 2.21. The Balaban J connectivity index is 2.01. The van der Waals surface area contributed by atoms with Gasteiger partial charge in [0.2, 0.25) is 5.78 Å². The van der Waals surface area contributed by atoms with E-state index in [9.17, 15) is 9.18 Å². The van der Waals surface area contributed by atoms with Gasteiger partial charge in [-0.25, -0.2) is 4.39 Å². The first-order valence-corrected chi connectivity index (χ1v) is 6.89. The fourth-order valence-electron chi connectivity index (χ4n) is 2.39. The SMILES string of the molecule is Cc1ccc(F)c(C(=O)c2cc3c(s2)CCC3)c1. The Morgan fingerprint density at radius 3 is 2.89 bits per heavy atom. The van der Waals surface area contributed by atoms with Crippen molar-refractivity contribution in [1.82, 2.24) is 0 Å².